The van der Waals surface area contributed by atoms with Crippen LogP contribution in [0.3, 0.4) is 0 Å². The van der Waals surface area contributed by atoms with E-state index >= 15 is 0 Å². The fraction of sp³-hybridized carbons (Fsp3) is 0.462. The molecule has 1 aliphatic rings. The summed E-state index contributed by atoms with van der Waals surface area (Å²) in [6.07, 6.45) is 1.54. The van der Waals surface area contributed by atoms with Gasteiger partial charge in [0.15, 0.2) is 0 Å². The van der Waals surface area contributed by atoms with Crippen molar-refractivity contribution in [3.63, 3.8) is 0 Å². The summed E-state index contributed by atoms with van der Waals surface area (Å²) in [5, 5.41) is 0. The van der Waals surface area contributed by atoms with Crippen molar-refractivity contribution in [3.05, 3.63) is 35.4 Å². The Balaban J connectivity index is 2.01. The van der Waals surface area contributed by atoms with E-state index < -0.39 is 0 Å². The predicted octanol–water partition coefficient (Wildman–Crippen LogP) is 1.31. The van der Waals surface area contributed by atoms with Crippen LogP contribution in [0.15, 0.2) is 24.3 Å². The summed E-state index contributed by atoms with van der Waals surface area (Å²) in [7, 11) is 0. The third kappa shape index (κ3) is 2.42. The number of rotatable bonds is 3. The molecule has 0 aliphatic carbocycles. The van der Waals surface area contributed by atoms with Gasteiger partial charge in [0.05, 0.1) is 0 Å². The van der Waals surface area contributed by atoms with Gasteiger partial charge in [-0.3, -0.25) is 4.79 Å². The van der Waals surface area contributed by atoms with E-state index in [2.05, 4.69) is 31.2 Å². The van der Waals surface area contributed by atoms with Gasteiger partial charge in [0.1, 0.15) is 0 Å². The number of aryl methyl sites for hydroxylation is 1. The summed E-state index contributed by atoms with van der Waals surface area (Å²) in [5.74, 6) is 0.173. The molecule has 1 aliphatic heterocycles. The summed E-state index contributed by atoms with van der Waals surface area (Å²) >= 11 is 0. The fourth-order valence-corrected chi connectivity index (χ4v) is 2.06. The molecule has 2 rings (SSSR count). The van der Waals surface area contributed by atoms with Gasteiger partial charge in [-0.25, -0.2) is 0 Å². The van der Waals surface area contributed by atoms with E-state index in [4.69, 9.17) is 5.73 Å². The molecule has 0 aromatic heterocycles. The molecule has 16 heavy (non-hydrogen) atoms. The number of likely N-dealkylation sites (tertiary alicyclic amines) is 1. The van der Waals surface area contributed by atoms with E-state index in [0.29, 0.717) is 19.5 Å². The van der Waals surface area contributed by atoms with Crippen LogP contribution in [0, 0.1) is 0 Å². The Kier molecular flexibility index (Phi) is 3.25. The second-order valence-corrected chi connectivity index (χ2v) is 4.41. The second kappa shape index (κ2) is 4.66. The quantitative estimate of drug-likeness (QED) is 0.831. The van der Waals surface area contributed by atoms with Crippen molar-refractivity contribution in [3.8, 4) is 0 Å². The first-order valence-electron chi connectivity index (χ1n) is 5.80. The van der Waals surface area contributed by atoms with E-state index in [9.17, 15) is 4.79 Å². The summed E-state index contributed by atoms with van der Waals surface area (Å²) in [5.41, 5.74) is 8.26. The van der Waals surface area contributed by atoms with Gasteiger partial charge in [-0.2, -0.15) is 0 Å². The Morgan fingerprint density at radius 1 is 1.31 bits per heavy atom. The van der Waals surface area contributed by atoms with Crippen LogP contribution in [-0.2, 0) is 17.8 Å². The van der Waals surface area contributed by atoms with Gasteiger partial charge < -0.3 is 10.6 Å². The number of carbonyl (C=O) groups excluding carboxylic acids is 1. The standard InChI is InChI=1S/C13H18N2O/c1-2-10-3-5-11(6-4-10)8-15-9-12(14)7-13(15)16/h3-6,12H,2,7-9,14H2,1H3. The molecule has 1 amide bonds. The van der Waals surface area contributed by atoms with Crippen LogP contribution in [0.1, 0.15) is 24.5 Å². The van der Waals surface area contributed by atoms with Crippen molar-refractivity contribution in [2.45, 2.75) is 32.4 Å². The highest BCUT2D eigenvalue weighted by Crippen LogP contribution is 2.14. The molecule has 86 valence electrons. The third-order valence-corrected chi connectivity index (χ3v) is 3.05. The van der Waals surface area contributed by atoms with Crippen molar-refractivity contribution in [2.24, 2.45) is 5.73 Å². The number of nitrogens with two attached hydrogens (primary N) is 1. The highest BCUT2D eigenvalue weighted by Gasteiger charge is 2.26. The third-order valence-electron chi connectivity index (χ3n) is 3.05. The number of amides is 1. The van der Waals surface area contributed by atoms with Crippen molar-refractivity contribution >= 4 is 5.91 Å². The van der Waals surface area contributed by atoms with Gasteiger partial charge in [-0.05, 0) is 17.5 Å². The molecule has 0 bridgehead atoms. The molecule has 1 aromatic rings. The van der Waals surface area contributed by atoms with E-state index in [1.165, 1.54) is 11.1 Å². The zero-order chi connectivity index (χ0) is 11.5. The Morgan fingerprint density at radius 2 is 1.94 bits per heavy atom. The first-order chi connectivity index (χ1) is 7.69. The van der Waals surface area contributed by atoms with Gasteiger partial charge >= 0.3 is 0 Å². The van der Waals surface area contributed by atoms with Gasteiger partial charge in [-0.15, -0.1) is 0 Å². The van der Waals surface area contributed by atoms with Crippen LogP contribution in [0.2, 0.25) is 0 Å². The summed E-state index contributed by atoms with van der Waals surface area (Å²) in [6, 6.07) is 8.44. The SMILES string of the molecule is CCc1ccc(CN2CC(N)CC2=O)cc1. The zero-order valence-electron chi connectivity index (χ0n) is 9.65. The molecule has 2 N–H and O–H groups in total. The highest BCUT2D eigenvalue weighted by molar-refractivity contribution is 5.79. The lowest BCUT2D eigenvalue weighted by Gasteiger charge is -2.16. The normalized spacial score (nSPS) is 20.5. The molecule has 1 fully saturated rings. The van der Waals surface area contributed by atoms with E-state index in [0.717, 1.165) is 6.42 Å². The average Bonchev–Trinajstić information content (AvgIpc) is 2.59. The lowest BCUT2D eigenvalue weighted by atomic mass is 10.1. The summed E-state index contributed by atoms with van der Waals surface area (Å²) in [4.78, 5) is 13.4. The van der Waals surface area contributed by atoms with Crippen molar-refractivity contribution < 1.29 is 4.79 Å². The van der Waals surface area contributed by atoms with Gasteiger partial charge in [0.2, 0.25) is 5.91 Å². The first-order valence-corrected chi connectivity index (χ1v) is 5.80. The lowest BCUT2D eigenvalue weighted by molar-refractivity contribution is -0.128. The Labute approximate surface area is 96.2 Å². The minimum Gasteiger partial charge on any atom is -0.337 e. The highest BCUT2D eigenvalue weighted by atomic mass is 16.2. The topological polar surface area (TPSA) is 46.3 Å². The number of nitrogens with zero attached hydrogens (tertiary/aromatic N) is 1. The molecule has 1 unspecified atom stereocenters. The maximum Gasteiger partial charge on any atom is 0.224 e. The van der Waals surface area contributed by atoms with Crippen molar-refractivity contribution in [1.82, 2.24) is 4.90 Å². The van der Waals surface area contributed by atoms with Crippen LogP contribution in [0.4, 0.5) is 0 Å². The van der Waals surface area contributed by atoms with Gasteiger partial charge in [0, 0.05) is 25.6 Å². The van der Waals surface area contributed by atoms with Gasteiger partial charge in [0.25, 0.3) is 0 Å². The second-order valence-electron chi connectivity index (χ2n) is 4.41. The summed E-state index contributed by atoms with van der Waals surface area (Å²) < 4.78 is 0. The van der Waals surface area contributed by atoms with E-state index in [-0.39, 0.29) is 11.9 Å². The van der Waals surface area contributed by atoms with E-state index in [1.54, 1.807) is 0 Å². The zero-order valence-corrected chi connectivity index (χ0v) is 9.65. The van der Waals surface area contributed by atoms with Crippen LogP contribution >= 0.6 is 0 Å². The molecule has 0 spiro atoms. The molecule has 1 saturated heterocycles. The Bertz CT molecular complexity index is 372. The Hall–Kier alpha value is -1.35. The lowest BCUT2D eigenvalue weighted by Crippen LogP contribution is -2.27. The predicted molar refractivity (Wildman–Crippen MR) is 63.8 cm³/mol. The summed E-state index contributed by atoms with van der Waals surface area (Å²) in [6.45, 7) is 3.52. The Morgan fingerprint density at radius 3 is 2.44 bits per heavy atom. The molecule has 1 aromatic carbocycles. The first kappa shape index (κ1) is 11.1. The van der Waals surface area contributed by atoms with Crippen LogP contribution < -0.4 is 5.73 Å². The number of benzene rings is 1. The minimum atomic E-state index is 0.0161. The smallest absolute Gasteiger partial charge is 0.224 e. The molecule has 1 heterocycles. The molecular formula is C13H18N2O. The van der Waals surface area contributed by atoms with Crippen molar-refractivity contribution in [2.75, 3.05) is 6.54 Å². The van der Waals surface area contributed by atoms with Crippen LogP contribution in [-0.4, -0.2) is 23.4 Å². The molecule has 3 heteroatoms. The van der Waals surface area contributed by atoms with Crippen LogP contribution in [0.25, 0.3) is 0 Å². The number of hydrogen-bond donors (Lipinski definition) is 1. The maximum absolute atomic E-state index is 11.6. The number of hydrogen-bond acceptors (Lipinski definition) is 2. The minimum absolute atomic E-state index is 0.0161. The molecular weight excluding hydrogens is 200 g/mol. The average molecular weight is 218 g/mol. The van der Waals surface area contributed by atoms with Gasteiger partial charge in [-0.1, -0.05) is 31.2 Å². The molecule has 1 atom stereocenters. The van der Waals surface area contributed by atoms with E-state index in [1.807, 2.05) is 4.90 Å². The number of carbonyl (C=O) groups is 1. The molecule has 0 radical (unpaired) electrons. The van der Waals surface area contributed by atoms with Crippen LogP contribution in [0.5, 0.6) is 0 Å². The largest absolute Gasteiger partial charge is 0.337 e. The fourth-order valence-electron chi connectivity index (χ4n) is 2.06. The maximum atomic E-state index is 11.6. The molecule has 0 saturated carbocycles. The monoisotopic (exact) mass is 218 g/mol. The molecule has 3 nitrogen and oxygen atoms in total. The van der Waals surface area contributed by atoms with Crippen molar-refractivity contribution in [1.29, 1.82) is 0 Å².